The third kappa shape index (κ3) is 4.17. The molecular weight excluding hydrogens is 396 g/mol. The second kappa shape index (κ2) is 8.70. The van der Waals surface area contributed by atoms with Gasteiger partial charge in [-0.3, -0.25) is 14.6 Å². The molecule has 162 valence electrons. The van der Waals surface area contributed by atoms with E-state index >= 15 is 0 Å². The van der Waals surface area contributed by atoms with Crippen molar-refractivity contribution in [2.75, 3.05) is 53.2 Å². The highest BCUT2D eigenvalue weighted by Crippen LogP contribution is 2.42. The first kappa shape index (κ1) is 20.1. The van der Waals surface area contributed by atoms with E-state index in [-0.39, 0.29) is 5.78 Å². The molecule has 0 aliphatic carbocycles. The second-order valence-electron chi connectivity index (χ2n) is 7.91. The lowest BCUT2D eigenvalue weighted by molar-refractivity contribution is 0.0239. The van der Waals surface area contributed by atoms with Gasteiger partial charge in [-0.15, -0.1) is 0 Å². The predicted molar refractivity (Wildman–Crippen MR) is 116 cm³/mol. The van der Waals surface area contributed by atoms with Crippen molar-refractivity contribution in [1.82, 2.24) is 9.80 Å². The van der Waals surface area contributed by atoms with Gasteiger partial charge in [0.2, 0.25) is 5.78 Å². The van der Waals surface area contributed by atoms with Crippen molar-refractivity contribution in [2.45, 2.75) is 6.54 Å². The van der Waals surface area contributed by atoms with Gasteiger partial charge >= 0.3 is 0 Å². The van der Waals surface area contributed by atoms with Gasteiger partial charge in [-0.05, 0) is 35.9 Å². The minimum Gasteiger partial charge on any atom is -0.497 e. The number of ketones is 1. The van der Waals surface area contributed by atoms with Crippen molar-refractivity contribution in [3.8, 4) is 17.2 Å². The molecule has 7 heteroatoms. The van der Waals surface area contributed by atoms with Crippen LogP contribution in [0.4, 0.5) is 0 Å². The normalized spacial score (nSPS) is 20.2. The molecule has 3 heterocycles. The number of hydrogen-bond acceptors (Lipinski definition) is 7. The number of fused-ring (bicyclic) bond motifs is 3. The standard InChI is InChI=1S/C24H26N2O5/c1-28-18-4-2-17(3-5-18)14-22-23(27)19-6-7-21-20(24(19)31-22)15-26(16-30-21)9-8-25-10-12-29-13-11-25/h2-7,14H,8-13,15-16H2,1H3/b22-14-. The highest BCUT2D eigenvalue weighted by Gasteiger charge is 2.33. The molecule has 0 bridgehead atoms. The number of morpholine rings is 1. The van der Waals surface area contributed by atoms with Gasteiger partial charge in [0, 0.05) is 32.7 Å². The Hall–Kier alpha value is -2.87. The van der Waals surface area contributed by atoms with Crippen molar-refractivity contribution in [3.63, 3.8) is 0 Å². The molecule has 0 saturated carbocycles. The molecule has 0 amide bonds. The first-order valence-electron chi connectivity index (χ1n) is 10.6. The molecule has 0 unspecified atom stereocenters. The summed E-state index contributed by atoms with van der Waals surface area (Å²) in [7, 11) is 1.63. The van der Waals surface area contributed by atoms with Crippen LogP contribution in [0.15, 0.2) is 42.2 Å². The van der Waals surface area contributed by atoms with E-state index in [1.807, 2.05) is 30.3 Å². The summed E-state index contributed by atoms with van der Waals surface area (Å²) in [6, 6.07) is 11.2. The summed E-state index contributed by atoms with van der Waals surface area (Å²) < 4.78 is 22.7. The zero-order valence-corrected chi connectivity index (χ0v) is 17.6. The molecule has 7 nitrogen and oxygen atoms in total. The molecule has 1 fully saturated rings. The van der Waals surface area contributed by atoms with Crippen LogP contribution in [0, 0.1) is 0 Å². The Balaban J connectivity index is 1.32. The Bertz CT molecular complexity index is 996. The molecule has 0 N–H and O–H groups in total. The molecule has 31 heavy (non-hydrogen) atoms. The maximum atomic E-state index is 12.9. The van der Waals surface area contributed by atoms with E-state index in [2.05, 4.69) is 9.80 Å². The lowest BCUT2D eigenvalue weighted by Gasteiger charge is -2.33. The first-order valence-corrected chi connectivity index (χ1v) is 10.6. The van der Waals surface area contributed by atoms with Crippen molar-refractivity contribution >= 4 is 11.9 Å². The minimum atomic E-state index is -0.0981. The number of Topliss-reactive ketones (excluding diaryl/α,β-unsaturated/α-hetero) is 1. The predicted octanol–water partition coefficient (Wildman–Crippen LogP) is 2.80. The van der Waals surface area contributed by atoms with Crippen LogP contribution >= 0.6 is 0 Å². The summed E-state index contributed by atoms with van der Waals surface area (Å²) in [5, 5.41) is 0. The van der Waals surface area contributed by atoms with Gasteiger partial charge in [0.05, 0.1) is 31.5 Å². The summed E-state index contributed by atoms with van der Waals surface area (Å²) in [4.78, 5) is 17.6. The van der Waals surface area contributed by atoms with Crippen LogP contribution in [-0.2, 0) is 11.3 Å². The Morgan fingerprint density at radius 3 is 2.58 bits per heavy atom. The number of rotatable bonds is 5. The number of nitrogens with zero attached hydrogens (tertiary/aromatic N) is 2. The van der Waals surface area contributed by atoms with Crippen LogP contribution in [0.5, 0.6) is 17.2 Å². The van der Waals surface area contributed by atoms with Gasteiger partial charge in [0.25, 0.3) is 0 Å². The third-order valence-electron chi connectivity index (χ3n) is 5.93. The Kier molecular flexibility index (Phi) is 5.63. The number of carbonyl (C=O) groups is 1. The maximum absolute atomic E-state index is 12.9. The second-order valence-corrected chi connectivity index (χ2v) is 7.91. The van der Waals surface area contributed by atoms with E-state index < -0.39 is 0 Å². The van der Waals surface area contributed by atoms with Crippen LogP contribution < -0.4 is 14.2 Å². The fraction of sp³-hybridized carbons (Fsp3) is 0.375. The van der Waals surface area contributed by atoms with Crippen molar-refractivity contribution in [1.29, 1.82) is 0 Å². The number of carbonyl (C=O) groups excluding carboxylic acids is 1. The van der Waals surface area contributed by atoms with Gasteiger partial charge in [-0.1, -0.05) is 12.1 Å². The molecule has 2 aromatic rings. The fourth-order valence-corrected chi connectivity index (χ4v) is 4.11. The van der Waals surface area contributed by atoms with E-state index in [1.165, 1.54) is 0 Å². The van der Waals surface area contributed by atoms with E-state index in [0.717, 1.165) is 62.0 Å². The minimum absolute atomic E-state index is 0.0981. The highest BCUT2D eigenvalue weighted by atomic mass is 16.5. The molecule has 2 aromatic carbocycles. The highest BCUT2D eigenvalue weighted by molar-refractivity contribution is 6.15. The summed E-state index contributed by atoms with van der Waals surface area (Å²) in [6.45, 7) is 6.64. The van der Waals surface area contributed by atoms with Gasteiger partial charge < -0.3 is 18.9 Å². The summed E-state index contributed by atoms with van der Waals surface area (Å²) >= 11 is 0. The van der Waals surface area contributed by atoms with Gasteiger partial charge in [0.1, 0.15) is 24.0 Å². The number of ether oxygens (including phenoxy) is 4. The quantitative estimate of drug-likeness (QED) is 0.687. The SMILES string of the molecule is COc1ccc(/C=C2\Oc3c(ccc4c3CN(CCN3CCOCC3)CO4)C2=O)cc1. The molecule has 0 atom stereocenters. The van der Waals surface area contributed by atoms with Crippen LogP contribution in [0.3, 0.4) is 0 Å². The Morgan fingerprint density at radius 1 is 1.03 bits per heavy atom. The fourth-order valence-electron chi connectivity index (χ4n) is 4.11. The van der Waals surface area contributed by atoms with Crippen molar-refractivity contribution < 1.29 is 23.7 Å². The molecule has 3 aliphatic heterocycles. The molecule has 3 aliphatic rings. The van der Waals surface area contributed by atoms with Crippen LogP contribution in [0.2, 0.25) is 0 Å². The average Bonchev–Trinajstić information content (AvgIpc) is 3.14. The molecule has 5 rings (SSSR count). The van der Waals surface area contributed by atoms with Crippen LogP contribution in [0.1, 0.15) is 21.5 Å². The molecule has 0 spiro atoms. The summed E-state index contributed by atoms with van der Waals surface area (Å²) in [6.07, 6.45) is 1.77. The molecule has 0 aromatic heterocycles. The largest absolute Gasteiger partial charge is 0.497 e. The van der Waals surface area contributed by atoms with E-state index in [0.29, 0.717) is 30.3 Å². The van der Waals surface area contributed by atoms with Crippen molar-refractivity contribution in [3.05, 3.63) is 58.8 Å². The lowest BCUT2D eigenvalue weighted by atomic mass is 10.0. The van der Waals surface area contributed by atoms with Gasteiger partial charge in [-0.2, -0.15) is 0 Å². The topological polar surface area (TPSA) is 60.5 Å². The average molecular weight is 422 g/mol. The Morgan fingerprint density at radius 2 is 1.81 bits per heavy atom. The summed E-state index contributed by atoms with van der Waals surface area (Å²) in [5.74, 6) is 2.42. The van der Waals surface area contributed by atoms with E-state index in [4.69, 9.17) is 18.9 Å². The first-order chi connectivity index (χ1) is 15.2. The maximum Gasteiger partial charge on any atom is 0.231 e. The van der Waals surface area contributed by atoms with Gasteiger partial charge in [0.15, 0.2) is 5.76 Å². The van der Waals surface area contributed by atoms with Gasteiger partial charge in [-0.25, -0.2) is 0 Å². The van der Waals surface area contributed by atoms with Crippen molar-refractivity contribution in [2.24, 2.45) is 0 Å². The van der Waals surface area contributed by atoms with Crippen LogP contribution in [0.25, 0.3) is 6.08 Å². The number of allylic oxidation sites excluding steroid dienone is 1. The zero-order valence-electron chi connectivity index (χ0n) is 17.6. The molecule has 0 radical (unpaired) electrons. The van der Waals surface area contributed by atoms with E-state index in [9.17, 15) is 4.79 Å². The molecular formula is C24H26N2O5. The number of hydrogen-bond donors (Lipinski definition) is 0. The monoisotopic (exact) mass is 422 g/mol. The zero-order chi connectivity index (χ0) is 21.2. The number of benzene rings is 2. The smallest absolute Gasteiger partial charge is 0.231 e. The summed E-state index contributed by atoms with van der Waals surface area (Å²) in [5.41, 5.74) is 2.42. The van der Waals surface area contributed by atoms with Crippen LogP contribution in [-0.4, -0.2) is 68.8 Å². The number of methoxy groups -OCH3 is 1. The Labute approximate surface area is 181 Å². The van der Waals surface area contributed by atoms with E-state index in [1.54, 1.807) is 19.3 Å². The lowest BCUT2D eigenvalue weighted by Crippen LogP contribution is -2.43. The third-order valence-corrected chi connectivity index (χ3v) is 5.93. The molecule has 1 saturated heterocycles.